The predicted octanol–water partition coefficient (Wildman–Crippen LogP) is 4.06. The number of aromatic nitrogens is 2. The number of methoxy groups -OCH3 is 2. The zero-order valence-electron chi connectivity index (χ0n) is 16.4. The number of aryl methyl sites for hydroxylation is 1. The minimum atomic E-state index is -0.791. The lowest BCUT2D eigenvalue weighted by Crippen LogP contribution is -2.09. The fourth-order valence-electron chi connectivity index (χ4n) is 2.76. The molecule has 3 rings (SSSR count). The lowest BCUT2D eigenvalue weighted by atomic mass is 10.0. The topological polar surface area (TPSA) is 110 Å². The lowest BCUT2D eigenvalue weighted by Gasteiger charge is -2.12. The van der Waals surface area contributed by atoms with Crippen molar-refractivity contribution in [2.45, 2.75) is 6.92 Å². The van der Waals surface area contributed by atoms with Crippen molar-refractivity contribution in [2.75, 3.05) is 20.8 Å². The van der Waals surface area contributed by atoms with E-state index in [1.165, 1.54) is 38.5 Å². The summed E-state index contributed by atoms with van der Waals surface area (Å²) in [6.45, 7) is 5.02. The Hall–Kier alpha value is -3.59. The van der Waals surface area contributed by atoms with Gasteiger partial charge in [-0.1, -0.05) is 12.7 Å². The third-order valence-electron chi connectivity index (χ3n) is 4.01. The molecular weight excluding hydrogens is 416 g/mol. The van der Waals surface area contributed by atoms with Crippen LogP contribution in [0.3, 0.4) is 0 Å². The first-order chi connectivity index (χ1) is 14.4. The number of carbonyl (C=O) groups is 2. The Kier molecular flexibility index (Phi) is 6.22. The Balaban J connectivity index is 2.21. The largest absolute Gasteiger partial charge is 0.481 e. The molecule has 9 nitrogen and oxygen atoms in total. The van der Waals surface area contributed by atoms with Crippen molar-refractivity contribution in [1.29, 1.82) is 0 Å². The van der Waals surface area contributed by atoms with E-state index in [1.54, 1.807) is 6.92 Å². The van der Waals surface area contributed by atoms with Crippen molar-refractivity contribution in [3.05, 3.63) is 47.7 Å². The van der Waals surface area contributed by atoms with Gasteiger partial charge in [-0.2, -0.15) is 9.97 Å². The van der Waals surface area contributed by atoms with Gasteiger partial charge in [0.2, 0.25) is 11.8 Å². The summed E-state index contributed by atoms with van der Waals surface area (Å²) in [5, 5.41) is -0.630. The smallest absolute Gasteiger partial charge is 0.343 e. The first kappa shape index (κ1) is 21.1. The van der Waals surface area contributed by atoms with Crippen LogP contribution in [0.25, 0.3) is 11.0 Å². The molecule has 0 spiro atoms. The van der Waals surface area contributed by atoms with Crippen LogP contribution < -0.4 is 14.2 Å². The number of hydrogen-bond donors (Lipinski definition) is 0. The van der Waals surface area contributed by atoms with E-state index in [0.29, 0.717) is 0 Å². The van der Waals surface area contributed by atoms with Gasteiger partial charge in [-0.05, 0) is 30.7 Å². The van der Waals surface area contributed by atoms with Gasteiger partial charge in [0.1, 0.15) is 29.3 Å². The third kappa shape index (κ3) is 4.06. The van der Waals surface area contributed by atoms with Crippen LogP contribution in [-0.2, 0) is 4.74 Å². The quantitative estimate of drug-likeness (QED) is 0.295. The Morgan fingerprint density at radius 3 is 2.40 bits per heavy atom. The van der Waals surface area contributed by atoms with E-state index in [9.17, 15) is 9.59 Å². The van der Waals surface area contributed by atoms with Crippen LogP contribution in [0.2, 0.25) is 0 Å². The number of rotatable bonds is 8. The van der Waals surface area contributed by atoms with Crippen molar-refractivity contribution in [2.24, 2.45) is 0 Å². The van der Waals surface area contributed by atoms with Gasteiger partial charge in [-0.25, -0.2) is 4.79 Å². The minimum Gasteiger partial charge on any atom is -0.481 e. The number of furan rings is 1. The molecule has 1 aromatic carbocycles. The predicted molar refractivity (Wildman–Crippen MR) is 107 cm³/mol. The highest BCUT2D eigenvalue weighted by Crippen LogP contribution is 2.37. The summed E-state index contributed by atoms with van der Waals surface area (Å²) in [5.41, 5.74) is 0.228. The second-order valence-corrected chi connectivity index (χ2v) is 6.19. The van der Waals surface area contributed by atoms with E-state index in [2.05, 4.69) is 16.5 Å². The second-order valence-electron chi connectivity index (χ2n) is 5.84. The Bertz CT molecular complexity index is 1120. The van der Waals surface area contributed by atoms with Gasteiger partial charge in [0.15, 0.2) is 0 Å². The average molecular weight is 433 g/mol. The van der Waals surface area contributed by atoms with E-state index < -0.39 is 11.2 Å². The fraction of sp³-hybridized carbons (Fsp3) is 0.200. The fourth-order valence-corrected chi connectivity index (χ4v) is 2.99. The number of nitrogens with zero attached hydrogens (tertiary/aromatic N) is 2. The van der Waals surface area contributed by atoms with Crippen molar-refractivity contribution in [3.8, 4) is 23.5 Å². The Labute approximate surface area is 176 Å². The molecule has 156 valence electrons. The van der Waals surface area contributed by atoms with E-state index >= 15 is 0 Å². The van der Waals surface area contributed by atoms with Gasteiger partial charge in [0.25, 0.3) is 5.24 Å². The van der Waals surface area contributed by atoms with Crippen LogP contribution in [0.5, 0.6) is 23.5 Å². The molecule has 0 radical (unpaired) electrons. The molecule has 0 aliphatic carbocycles. The summed E-state index contributed by atoms with van der Waals surface area (Å²) in [4.78, 5) is 33.0. The Morgan fingerprint density at radius 1 is 1.17 bits per heavy atom. The van der Waals surface area contributed by atoms with Crippen LogP contribution in [-0.4, -0.2) is 42.0 Å². The molecule has 0 fully saturated rings. The van der Waals surface area contributed by atoms with Gasteiger partial charge >= 0.3 is 12.0 Å². The summed E-state index contributed by atoms with van der Waals surface area (Å²) >= 11 is 5.74. The first-order valence-corrected chi connectivity index (χ1v) is 8.96. The number of ether oxygens (including phenoxy) is 4. The molecule has 0 saturated carbocycles. The van der Waals surface area contributed by atoms with Gasteiger partial charge in [0, 0.05) is 0 Å². The van der Waals surface area contributed by atoms with Crippen LogP contribution in [0.15, 0.2) is 35.3 Å². The number of halogens is 1. The van der Waals surface area contributed by atoms with Crippen molar-refractivity contribution < 1.29 is 33.0 Å². The summed E-state index contributed by atoms with van der Waals surface area (Å²) in [6.07, 6.45) is 1.41. The number of fused-ring (bicyclic) bond motifs is 1. The van der Waals surface area contributed by atoms with Crippen molar-refractivity contribution in [3.63, 3.8) is 0 Å². The molecule has 0 atom stereocenters. The van der Waals surface area contributed by atoms with E-state index in [0.717, 1.165) is 0 Å². The van der Waals surface area contributed by atoms with Gasteiger partial charge < -0.3 is 23.4 Å². The van der Waals surface area contributed by atoms with E-state index in [-0.39, 0.29) is 58.0 Å². The van der Waals surface area contributed by atoms with Crippen molar-refractivity contribution >= 4 is 33.8 Å². The highest BCUT2D eigenvalue weighted by Gasteiger charge is 2.27. The maximum Gasteiger partial charge on any atom is 0.343 e. The molecule has 2 heterocycles. The number of carbonyl (C=O) groups excluding carboxylic acids is 2. The van der Waals surface area contributed by atoms with Crippen LogP contribution in [0, 0.1) is 6.92 Å². The van der Waals surface area contributed by atoms with Gasteiger partial charge in [-0.15, -0.1) is 0 Å². The first-order valence-electron chi connectivity index (χ1n) is 8.58. The molecule has 0 unspecified atom stereocenters. The van der Waals surface area contributed by atoms with E-state index in [4.69, 9.17) is 35.0 Å². The normalized spacial score (nSPS) is 10.5. The van der Waals surface area contributed by atoms with Gasteiger partial charge in [0.05, 0.1) is 31.2 Å². The zero-order valence-corrected chi connectivity index (χ0v) is 17.1. The number of hydrogen-bond acceptors (Lipinski definition) is 9. The van der Waals surface area contributed by atoms with Crippen molar-refractivity contribution in [1.82, 2.24) is 9.97 Å². The molecule has 10 heteroatoms. The Morgan fingerprint density at radius 2 is 1.83 bits per heavy atom. The molecule has 0 aliphatic rings. The molecule has 2 aromatic heterocycles. The third-order valence-corrected chi connectivity index (χ3v) is 4.19. The SMILES string of the molecule is C=CCOC(=O)c1c(Oc2nc(OC)cc(OC)n2)ccc2oc(C)c(C(=O)Cl)c12. The molecule has 0 bridgehead atoms. The molecule has 0 amide bonds. The maximum absolute atomic E-state index is 12.8. The average Bonchev–Trinajstić information content (AvgIpc) is 3.07. The summed E-state index contributed by atoms with van der Waals surface area (Å²) < 4.78 is 26.7. The lowest BCUT2D eigenvalue weighted by molar-refractivity contribution is 0.0549. The molecule has 0 saturated heterocycles. The standard InChI is InChI=1S/C20H17ClN2O7/c1-5-8-28-19(25)17-12(30-20-22-13(26-3)9-14(23-20)27-4)7-6-11-16(17)15(18(21)24)10(2)29-11/h5-7,9H,1,8H2,2-4H3. The van der Waals surface area contributed by atoms with Crippen LogP contribution >= 0.6 is 11.6 Å². The molecule has 30 heavy (non-hydrogen) atoms. The monoisotopic (exact) mass is 432 g/mol. The minimum absolute atomic E-state index is 0.0202. The highest BCUT2D eigenvalue weighted by atomic mass is 35.5. The van der Waals surface area contributed by atoms with Gasteiger partial charge in [-0.3, -0.25) is 4.79 Å². The maximum atomic E-state index is 12.8. The number of esters is 1. The number of benzene rings is 1. The summed E-state index contributed by atoms with van der Waals surface area (Å²) in [7, 11) is 2.84. The molecule has 0 N–H and O–H groups in total. The molecule has 3 aromatic rings. The van der Waals surface area contributed by atoms with Crippen LogP contribution in [0.1, 0.15) is 26.5 Å². The van der Waals surface area contributed by atoms with E-state index in [1.807, 2.05) is 0 Å². The molecular formula is C20H17ClN2O7. The molecule has 0 aliphatic heterocycles. The van der Waals surface area contributed by atoms with Crippen LogP contribution in [0.4, 0.5) is 0 Å². The summed E-state index contributed by atoms with van der Waals surface area (Å²) in [5.74, 6) is -0.134. The zero-order chi connectivity index (χ0) is 21.8. The second kappa shape index (κ2) is 8.83. The highest BCUT2D eigenvalue weighted by molar-refractivity contribution is 6.69. The summed E-state index contributed by atoms with van der Waals surface area (Å²) in [6, 6.07) is 4.30.